The van der Waals surface area contributed by atoms with Crippen LogP contribution in [0.4, 0.5) is 4.39 Å². The standard InChI is InChI=1S/C14H12BrFO/c1-10-2-7-13(16)14(8-10)17-12-5-3-11(9-15)4-6-12/h2-8H,9H2,1H3. The van der Waals surface area contributed by atoms with Gasteiger partial charge >= 0.3 is 0 Å². The van der Waals surface area contributed by atoms with Crippen LogP contribution in [-0.4, -0.2) is 0 Å². The van der Waals surface area contributed by atoms with Gasteiger partial charge in [0.2, 0.25) is 0 Å². The molecule has 88 valence electrons. The smallest absolute Gasteiger partial charge is 0.165 e. The summed E-state index contributed by atoms with van der Waals surface area (Å²) >= 11 is 3.37. The van der Waals surface area contributed by atoms with Crippen molar-refractivity contribution in [2.45, 2.75) is 12.3 Å². The number of hydrogen-bond donors (Lipinski definition) is 0. The second-order valence-electron chi connectivity index (χ2n) is 3.81. The summed E-state index contributed by atoms with van der Waals surface area (Å²) in [5.74, 6) is 0.552. The first-order valence-electron chi connectivity index (χ1n) is 5.28. The fraction of sp³-hybridized carbons (Fsp3) is 0.143. The van der Waals surface area contributed by atoms with E-state index in [2.05, 4.69) is 15.9 Å². The van der Waals surface area contributed by atoms with E-state index < -0.39 is 0 Å². The molecular weight excluding hydrogens is 283 g/mol. The van der Waals surface area contributed by atoms with Crippen molar-refractivity contribution in [1.29, 1.82) is 0 Å². The number of ether oxygens (including phenoxy) is 1. The number of aryl methyl sites for hydroxylation is 1. The fourth-order valence-corrected chi connectivity index (χ4v) is 1.84. The molecule has 2 aromatic rings. The van der Waals surface area contributed by atoms with Crippen molar-refractivity contribution in [3.63, 3.8) is 0 Å². The van der Waals surface area contributed by atoms with Gasteiger partial charge in [-0.25, -0.2) is 4.39 Å². The Bertz CT molecular complexity index is 508. The number of rotatable bonds is 3. The first kappa shape index (κ1) is 12.1. The Hall–Kier alpha value is -1.35. The maximum Gasteiger partial charge on any atom is 0.165 e. The monoisotopic (exact) mass is 294 g/mol. The van der Waals surface area contributed by atoms with Crippen molar-refractivity contribution in [3.8, 4) is 11.5 Å². The highest BCUT2D eigenvalue weighted by molar-refractivity contribution is 9.08. The van der Waals surface area contributed by atoms with Gasteiger partial charge in [0, 0.05) is 5.33 Å². The third kappa shape index (κ3) is 3.07. The van der Waals surface area contributed by atoms with Gasteiger partial charge in [0.15, 0.2) is 11.6 Å². The third-order valence-corrected chi connectivity index (χ3v) is 3.04. The summed E-state index contributed by atoms with van der Waals surface area (Å²) in [6.45, 7) is 1.90. The number of hydrogen-bond acceptors (Lipinski definition) is 1. The highest BCUT2D eigenvalue weighted by Crippen LogP contribution is 2.25. The van der Waals surface area contributed by atoms with E-state index in [9.17, 15) is 4.39 Å². The molecule has 17 heavy (non-hydrogen) atoms. The van der Waals surface area contributed by atoms with Crippen molar-refractivity contribution >= 4 is 15.9 Å². The average molecular weight is 295 g/mol. The van der Waals surface area contributed by atoms with Gasteiger partial charge < -0.3 is 4.74 Å². The van der Waals surface area contributed by atoms with E-state index in [-0.39, 0.29) is 11.6 Å². The molecule has 0 fully saturated rings. The molecule has 0 unspecified atom stereocenters. The molecule has 0 aliphatic rings. The lowest BCUT2D eigenvalue weighted by Gasteiger charge is -2.07. The van der Waals surface area contributed by atoms with E-state index in [1.54, 1.807) is 12.1 Å². The zero-order valence-corrected chi connectivity index (χ0v) is 11.0. The van der Waals surface area contributed by atoms with Crippen LogP contribution in [-0.2, 0) is 5.33 Å². The van der Waals surface area contributed by atoms with Crippen LogP contribution in [0.2, 0.25) is 0 Å². The summed E-state index contributed by atoms with van der Waals surface area (Å²) in [5.41, 5.74) is 2.13. The number of alkyl halides is 1. The van der Waals surface area contributed by atoms with Crippen LogP contribution in [0.15, 0.2) is 42.5 Å². The molecule has 0 atom stereocenters. The van der Waals surface area contributed by atoms with Gasteiger partial charge in [-0.05, 0) is 42.3 Å². The summed E-state index contributed by atoms with van der Waals surface area (Å²) in [6.07, 6.45) is 0. The largest absolute Gasteiger partial charge is 0.454 e. The van der Waals surface area contributed by atoms with E-state index >= 15 is 0 Å². The van der Waals surface area contributed by atoms with Crippen LogP contribution in [0, 0.1) is 12.7 Å². The normalized spacial score (nSPS) is 10.3. The van der Waals surface area contributed by atoms with E-state index in [0.717, 1.165) is 16.5 Å². The SMILES string of the molecule is Cc1ccc(F)c(Oc2ccc(CBr)cc2)c1. The molecule has 1 nitrogen and oxygen atoms in total. The minimum absolute atomic E-state index is 0.261. The van der Waals surface area contributed by atoms with Gasteiger partial charge in [-0.2, -0.15) is 0 Å². The van der Waals surface area contributed by atoms with Gasteiger partial charge in [-0.1, -0.05) is 34.1 Å². The highest BCUT2D eigenvalue weighted by Gasteiger charge is 2.04. The zero-order chi connectivity index (χ0) is 12.3. The van der Waals surface area contributed by atoms with E-state index in [4.69, 9.17) is 4.74 Å². The zero-order valence-electron chi connectivity index (χ0n) is 9.41. The summed E-state index contributed by atoms with van der Waals surface area (Å²) in [7, 11) is 0. The van der Waals surface area contributed by atoms with E-state index in [1.807, 2.05) is 31.2 Å². The Morgan fingerprint density at radius 3 is 2.47 bits per heavy atom. The van der Waals surface area contributed by atoms with Crippen molar-refractivity contribution in [1.82, 2.24) is 0 Å². The minimum atomic E-state index is -0.347. The van der Waals surface area contributed by atoms with Crippen molar-refractivity contribution in [3.05, 3.63) is 59.4 Å². The molecule has 0 saturated heterocycles. The molecule has 0 aromatic heterocycles. The number of benzene rings is 2. The second-order valence-corrected chi connectivity index (χ2v) is 4.37. The predicted molar refractivity (Wildman–Crippen MR) is 70.3 cm³/mol. The Morgan fingerprint density at radius 1 is 1.12 bits per heavy atom. The first-order valence-corrected chi connectivity index (χ1v) is 6.40. The maximum atomic E-state index is 13.5. The molecule has 0 amide bonds. The summed E-state index contributed by atoms with van der Waals surface area (Å²) in [5, 5.41) is 0.798. The third-order valence-electron chi connectivity index (χ3n) is 2.39. The summed E-state index contributed by atoms with van der Waals surface area (Å²) in [4.78, 5) is 0. The molecule has 0 spiro atoms. The highest BCUT2D eigenvalue weighted by atomic mass is 79.9. The molecule has 0 N–H and O–H groups in total. The Morgan fingerprint density at radius 2 is 1.82 bits per heavy atom. The van der Waals surface area contributed by atoms with Crippen LogP contribution in [0.3, 0.4) is 0 Å². The molecule has 0 aliphatic carbocycles. The molecule has 0 heterocycles. The molecule has 0 saturated carbocycles. The topological polar surface area (TPSA) is 9.23 Å². The van der Waals surface area contributed by atoms with Crippen LogP contribution in [0.5, 0.6) is 11.5 Å². The molecule has 0 radical (unpaired) electrons. The second kappa shape index (κ2) is 5.32. The predicted octanol–water partition coefficient (Wildman–Crippen LogP) is 4.82. The van der Waals surface area contributed by atoms with Gasteiger partial charge in [-0.15, -0.1) is 0 Å². The Labute approximate surface area is 108 Å². The summed E-state index contributed by atoms with van der Waals surface area (Å²) < 4.78 is 19.0. The van der Waals surface area contributed by atoms with E-state index in [0.29, 0.717) is 5.75 Å². The van der Waals surface area contributed by atoms with Crippen molar-refractivity contribution in [2.75, 3.05) is 0 Å². The van der Waals surface area contributed by atoms with Crippen LogP contribution < -0.4 is 4.74 Å². The average Bonchev–Trinajstić information content (AvgIpc) is 2.35. The number of halogens is 2. The lowest BCUT2D eigenvalue weighted by Crippen LogP contribution is -1.89. The molecule has 0 aliphatic heterocycles. The lowest BCUT2D eigenvalue weighted by atomic mass is 10.2. The molecule has 2 rings (SSSR count). The van der Waals surface area contributed by atoms with Crippen LogP contribution >= 0.6 is 15.9 Å². The molecule has 3 heteroatoms. The Kier molecular flexibility index (Phi) is 3.79. The van der Waals surface area contributed by atoms with Gasteiger partial charge in [0.25, 0.3) is 0 Å². The van der Waals surface area contributed by atoms with Crippen molar-refractivity contribution in [2.24, 2.45) is 0 Å². The first-order chi connectivity index (χ1) is 8.19. The van der Waals surface area contributed by atoms with E-state index in [1.165, 1.54) is 6.07 Å². The van der Waals surface area contributed by atoms with Gasteiger partial charge in [-0.3, -0.25) is 0 Å². The Balaban J connectivity index is 2.22. The van der Waals surface area contributed by atoms with Crippen LogP contribution in [0.25, 0.3) is 0 Å². The molecule has 2 aromatic carbocycles. The quantitative estimate of drug-likeness (QED) is 0.737. The molecule has 0 bridgehead atoms. The minimum Gasteiger partial charge on any atom is -0.454 e. The molecular formula is C14H12BrFO. The lowest BCUT2D eigenvalue weighted by molar-refractivity contribution is 0.441. The maximum absolute atomic E-state index is 13.5. The van der Waals surface area contributed by atoms with Gasteiger partial charge in [0.1, 0.15) is 5.75 Å². The summed E-state index contributed by atoms with van der Waals surface area (Å²) in [6, 6.07) is 12.4. The fourth-order valence-electron chi connectivity index (χ4n) is 1.46. The van der Waals surface area contributed by atoms with Crippen molar-refractivity contribution < 1.29 is 9.13 Å². The van der Waals surface area contributed by atoms with Gasteiger partial charge in [0.05, 0.1) is 0 Å². The van der Waals surface area contributed by atoms with Crippen LogP contribution in [0.1, 0.15) is 11.1 Å².